The summed E-state index contributed by atoms with van der Waals surface area (Å²) in [5.41, 5.74) is 2.02. The van der Waals surface area contributed by atoms with Crippen molar-refractivity contribution in [3.8, 4) is 0 Å². The van der Waals surface area contributed by atoms with Gasteiger partial charge in [0, 0.05) is 29.9 Å². The molecule has 3 rings (SSSR count). The molecule has 1 saturated heterocycles. The van der Waals surface area contributed by atoms with Gasteiger partial charge in [-0.15, -0.1) is 10.2 Å². The van der Waals surface area contributed by atoms with Gasteiger partial charge in [-0.25, -0.2) is 0 Å². The van der Waals surface area contributed by atoms with Crippen LogP contribution >= 0.6 is 0 Å². The first-order chi connectivity index (χ1) is 11.8. The summed E-state index contributed by atoms with van der Waals surface area (Å²) in [7, 11) is 0. The first kappa shape index (κ1) is 17.5. The van der Waals surface area contributed by atoms with Gasteiger partial charge in [0.2, 0.25) is 5.95 Å². The summed E-state index contributed by atoms with van der Waals surface area (Å²) in [5.74, 6) is 1.10. The number of aromatic nitrogens is 3. The van der Waals surface area contributed by atoms with E-state index in [0.717, 1.165) is 24.7 Å². The molecule has 25 heavy (non-hydrogen) atoms. The van der Waals surface area contributed by atoms with Crippen LogP contribution in [0.5, 0.6) is 0 Å². The molecule has 0 radical (unpaired) electrons. The lowest BCUT2D eigenvalue weighted by Gasteiger charge is -2.32. The van der Waals surface area contributed by atoms with Gasteiger partial charge in [0.25, 0.3) is 5.56 Å². The van der Waals surface area contributed by atoms with Crippen LogP contribution in [0.3, 0.4) is 0 Å². The Morgan fingerprint density at radius 3 is 2.52 bits per heavy atom. The lowest BCUT2D eigenvalue weighted by atomic mass is 9.93. The molecule has 2 aromatic rings. The number of hydrogen-bond donors (Lipinski definition) is 2. The second-order valence-electron chi connectivity index (χ2n) is 7.97. The summed E-state index contributed by atoms with van der Waals surface area (Å²) in [6, 6.07) is 8.23. The van der Waals surface area contributed by atoms with Crippen LogP contribution < -0.4 is 15.8 Å². The van der Waals surface area contributed by atoms with Gasteiger partial charge in [0.15, 0.2) is 0 Å². The van der Waals surface area contributed by atoms with Gasteiger partial charge in [-0.1, -0.05) is 27.7 Å². The molecule has 1 aromatic heterocycles. The number of nitrogens with zero attached hydrogens (tertiary/aromatic N) is 3. The van der Waals surface area contributed by atoms with Gasteiger partial charge < -0.3 is 10.2 Å². The summed E-state index contributed by atoms with van der Waals surface area (Å²) < 4.78 is 0. The molecule has 1 fully saturated rings. The average molecular weight is 341 g/mol. The molecule has 134 valence electrons. The van der Waals surface area contributed by atoms with Crippen molar-refractivity contribution in [2.75, 3.05) is 23.3 Å². The fourth-order valence-electron chi connectivity index (χ4n) is 3.20. The van der Waals surface area contributed by atoms with Crippen molar-refractivity contribution in [3.05, 3.63) is 40.3 Å². The first-order valence-corrected chi connectivity index (χ1v) is 8.92. The zero-order valence-corrected chi connectivity index (χ0v) is 15.5. The van der Waals surface area contributed by atoms with Crippen LogP contribution in [0.15, 0.2) is 29.1 Å². The molecule has 1 aliphatic rings. The second-order valence-corrected chi connectivity index (χ2v) is 7.97. The van der Waals surface area contributed by atoms with Crippen LogP contribution in [0.1, 0.15) is 46.2 Å². The zero-order chi connectivity index (χ0) is 18.0. The van der Waals surface area contributed by atoms with Gasteiger partial charge in [0.1, 0.15) is 5.69 Å². The molecule has 6 nitrogen and oxygen atoms in total. The Hall–Kier alpha value is -2.37. The average Bonchev–Trinajstić information content (AvgIpc) is 2.54. The maximum absolute atomic E-state index is 12.2. The minimum Gasteiger partial charge on any atom is -0.371 e. The van der Waals surface area contributed by atoms with Crippen molar-refractivity contribution in [3.63, 3.8) is 0 Å². The van der Waals surface area contributed by atoms with E-state index in [1.165, 1.54) is 18.5 Å². The largest absolute Gasteiger partial charge is 0.371 e. The molecule has 0 spiro atoms. The van der Waals surface area contributed by atoms with Crippen LogP contribution in [0.4, 0.5) is 17.3 Å². The Kier molecular flexibility index (Phi) is 4.79. The van der Waals surface area contributed by atoms with Gasteiger partial charge in [-0.2, -0.15) is 0 Å². The van der Waals surface area contributed by atoms with Gasteiger partial charge in [-0.3, -0.25) is 9.78 Å². The molecular formula is C19H27N5O. The molecule has 2 heterocycles. The topological polar surface area (TPSA) is 73.9 Å². The van der Waals surface area contributed by atoms with E-state index in [1.54, 1.807) is 0 Å². The molecule has 0 saturated carbocycles. The maximum Gasteiger partial charge on any atom is 0.274 e. The van der Waals surface area contributed by atoms with Crippen molar-refractivity contribution in [2.45, 2.75) is 46.0 Å². The van der Waals surface area contributed by atoms with Crippen LogP contribution in [0.25, 0.3) is 0 Å². The fraction of sp³-hybridized carbons (Fsp3) is 0.526. The van der Waals surface area contributed by atoms with Crippen molar-refractivity contribution in [1.82, 2.24) is 15.2 Å². The maximum atomic E-state index is 12.2. The van der Waals surface area contributed by atoms with Crippen molar-refractivity contribution < 1.29 is 0 Å². The lowest BCUT2D eigenvalue weighted by molar-refractivity contribution is 0.447. The third-order valence-electron chi connectivity index (χ3n) is 4.56. The molecule has 2 N–H and O–H groups in total. The molecule has 0 bridgehead atoms. The normalized spacial score (nSPS) is 18.2. The van der Waals surface area contributed by atoms with E-state index in [2.05, 4.69) is 44.5 Å². The number of nitrogens with one attached hydrogen (secondary N) is 2. The number of rotatable bonds is 3. The van der Waals surface area contributed by atoms with E-state index in [1.807, 2.05) is 32.9 Å². The van der Waals surface area contributed by atoms with Gasteiger partial charge in [-0.05, 0) is 43.0 Å². The standard InChI is InChI=1S/C19H27N5O/c1-13-6-5-11-24(12-13)15-9-7-14(8-10-15)20-18-21-17(25)16(22-23-18)19(2,3)4/h7-10,13H,5-6,11-12H2,1-4H3,(H2,20,21,23,25). The van der Waals surface area contributed by atoms with E-state index in [0.29, 0.717) is 11.6 Å². The van der Waals surface area contributed by atoms with E-state index in [-0.39, 0.29) is 11.0 Å². The molecule has 1 atom stereocenters. The minimum absolute atomic E-state index is 0.205. The van der Waals surface area contributed by atoms with Crippen molar-refractivity contribution in [1.29, 1.82) is 0 Å². The second kappa shape index (κ2) is 6.86. The predicted octanol–water partition coefficient (Wildman–Crippen LogP) is 3.44. The molecule has 1 unspecified atom stereocenters. The monoisotopic (exact) mass is 341 g/mol. The highest BCUT2D eigenvalue weighted by Crippen LogP contribution is 2.25. The highest BCUT2D eigenvalue weighted by atomic mass is 16.1. The molecule has 1 aromatic carbocycles. The van der Waals surface area contributed by atoms with Gasteiger partial charge >= 0.3 is 0 Å². The Morgan fingerprint density at radius 1 is 1.20 bits per heavy atom. The summed E-state index contributed by atoms with van der Waals surface area (Å²) >= 11 is 0. The first-order valence-electron chi connectivity index (χ1n) is 8.92. The summed E-state index contributed by atoms with van der Waals surface area (Å²) in [5, 5.41) is 11.3. The smallest absolute Gasteiger partial charge is 0.274 e. The Labute approximate surface area is 148 Å². The summed E-state index contributed by atoms with van der Waals surface area (Å²) in [4.78, 5) is 17.4. The number of H-pyrrole nitrogens is 1. The summed E-state index contributed by atoms with van der Waals surface area (Å²) in [6.45, 7) is 10.4. The molecule has 0 amide bonds. The van der Waals surface area contributed by atoms with Crippen LogP contribution in [0.2, 0.25) is 0 Å². The Morgan fingerprint density at radius 2 is 1.92 bits per heavy atom. The van der Waals surface area contributed by atoms with Crippen molar-refractivity contribution in [2.24, 2.45) is 5.92 Å². The van der Waals surface area contributed by atoms with Crippen LogP contribution in [-0.2, 0) is 5.41 Å². The number of hydrogen-bond acceptors (Lipinski definition) is 5. The quantitative estimate of drug-likeness (QED) is 0.894. The van der Waals surface area contributed by atoms with Crippen molar-refractivity contribution >= 4 is 17.3 Å². The Balaban J connectivity index is 1.71. The fourth-order valence-corrected chi connectivity index (χ4v) is 3.20. The number of piperidine rings is 1. The molecule has 1 aliphatic heterocycles. The van der Waals surface area contributed by atoms with Crippen LogP contribution in [0, 0.1) is 5.92 Å². The zero-order valence-electron chi connectivity index (χ0n) is 15.5. The van der Waals surface area contributed by atoms with E-state index in [9.17, 15) is 4.79 Å². The van der Waals surface area contributed by atoms with E-state index >= 15 is 0 Å². The summed E-state index contributed by atoms with van der Waals surface area (Å²) in [6.07, 6.45) is 2.56. The molecule has 6 heteroatoms. The highest BCUT2D eigenvalue weighted by Gasteiger charge is 2.20. The molecule has 0 aliphatic carbocycles. The van der Waals surface area contributed by atoms with E-state index < -0.39 is 0 Å². The molecular weight excluding hydrogens is 314 g/mol. The lowest BCUT2D eigenvalue weighted by Crippen LogP contribution is -2.34. The predicted molar refractivity (Wildman–Crippen MR) is 102 cm³/mol. The third-order valence-corrected chi connectivity index (χ3v) is 4.56. The number of aromatic amines is 1. The minimum atomic E-state index is -0.327. The number of anilines is 3. The van der Waals surface area contributed by atoms with Gasteiger partial charge in [0.05, 0.1) is 0 Å². The Bertz CT molecular complexity index is 776. The third kappa shape index (κ3) is 4.18. The van der Waals surface area contributed by atoms with E-state index in [4.69, 9.17) is 0 Å². The van der Waals surface area contributed by atoms with Crippen LogP contribution in [-0.4, -0.2) is 28.3 Å². The SMILES string of the molecule is CC1CCCN(c2ccc(Nc3nnc(C(C)(C)C)c(=O)[nH]3)cc2)C1. The highest BCUT2D eigenvalue weighted by molar-refractivity contribution is 5.59. The number of benzene rings is 1.